The van der Waals surface area contributed by atoms with E-state index in [9.17, 15) is 0 Å². The van der Waals surface area contributed by atoms with Gasteiger partial charge in [0, 0.05) is 7.11 Å². The summed E-state index contributed by atoms with van der Waals surface area (Å²) in [5, 5.41) is 27.2. The van der Waals surface area contributed by atoms with E-state index in [1.165, 1.54) is 7.11 Å². The fraction of sp³-hybridized carbons (Fsp3) is 1.00. The first-order valence-corrected chi connectivity index (χ1v) is 3.35. The van der Waals surface area contributed by atoms with Crippen molar-refractivity contribution in [2.75, 3.05) is 13.7 Å². The normalized spacial score (nSPS) is 45.8. The van der Waals surface area contributed by atoms with Crippen LogP contribution in [0.5, 0.6) is 0 Å². The summed E-state index contributed by atoms with van der Waals surface area (Å²) >= 11 is 0. The van der Waals surface area contributed by atoms with Crippen molar-refractivity contribution in [3.05, 3.63) is 0 Å². The van der Waals surface area contributed by atoms with Gasteiger partial charge in [0.15, 0.2) is 6.29 Å². The van der Waals surface area contributed by atoms with Crippen molar-refractivity contribution < 1.29 is 24.8 Å². The topological polar surface area (TPSA) is 79.2 Å². The van der Waals surface area contributed by atoms with Crippen molar-refractivity contribution in [1.29, 1.82) is 0 Å². The molecule has 1 saturated heterocycles. The van der Waals surface area contributed by atoms with E-state index in [0.29, 0.717) is 0 Å². The Morgan fingerprint density at radius 2 is 1.91 bits per heavy atom. The predicted molar refractivity (Wildman–Crippen MR) is 34.8 cm³/mol. The van der Waals surface area contributed by atoms with Crippen LogP contribution in [0.25, 0.3) is 0 Å². The Kier molecular flexibility index (Phi) is 2.80. The minimum Gasteiger partial charge on any atom is -0.388 e. The zero-order valence-corrected chi connectivity index (χ0v) is 6.17. The summed E-state index contributed by atoms with van der Waals surface area (Å²) < 4.78 is 9.52. The van der Waals surface area contributed by atoms with Gasteiger partial charge >= 0.3 is 0 Å². The third-order valence-electron chi connectivity index (χ3n) is 1.69. The fourth-order valence-corrected chi connectivity index (χ4v) is 0.987. The molecular formula is C6H12O5. The molecule has 0 spiro atoms. The molecule has 0 aliphatic carbocycles. The lowest BCUT2D eigenvalue weighted by Crippen LogP contribution is -2.53. The van der Waals surface area contributed by atoms with Crippen LogP contribution < -0.4 is 0 Å². The maximum atomic E-state index is 9.15. The zero-order valence-electron chi connectivity index (χ0n) is 6.17. The molecule has 1 fully saturated rings. The maximum absolute atomic E-state index is 9.15. The Bertz CT molecular complexity index is 126. The summed E-state index contributed by atoms with van der Waals surface area (Å²) in [5.74, 6) is 0. The number of ether oxygens (including phenoxy) is 2. The number of methoxy groups -OCH3 is 1. The molecule has 1 heterocycles. The number of aliphatic hydroxyl groups is 3. The number of hydrogen-bond donors (Lipinski definition) is 3. The highest BCUT2D eigenvalue weighted by atomic mass is 16.7. The summed E-state index contributed by atoms with van der Waals surface area (Å²) in [6, 6.07) is 0. The van der Waals surface area contributed by atoms with E-state index in [1.807, 2.05) is 0 Å². The van der Waals surface area contributed by atoms with Crippen LogP contribution in [0.15, 0.2) is 0 Å². The Morgan fingerprint density at radius 1 is 1.27 bits per heavy atom. The van der Waals surface area contributed by atoms with Gasteiger partial charge in [-0.05, 0) is 0 Å². The smallest absolute Gasteiger partial charge is 0.185 e. The van der Waals surface area contributed by atoms with E-state index >= 15 is 0 Å². The van der Waals surface area contributed by atoms with Crippen LogP contribution in [-0.4, -0.2) is 53.6 Å². The van der Waals surface area contributed by atoms with Crippen LogP contribution in [0.3, 0.4) is 0 Å². The number of aliphatic hydroxyl groups excluding tert-OH is 3. The summed E-state index contributed by atoms with van der Waals surface area (Å²) in [4.78, 5) is 0. The molecule has 11 heavy (non-hydrogen) atoms. The lowest BCUT2D eigenvalue weighted by atomic mass is 10.1. The van der Waals surface area contributed by atoms with Crippen molar-refractivity contribution in [2.24, 2.45) is 0 Å². The maximum Gasteiger partial charge on any atom is 0.185 e. The van der Waals surface area contributed by atoms with E-state index < -0.39 is 24.6 Å². The molecule has 0 bridgehead atoms. The molecule has 0 amide bonds. The lowest BCUT2D eigenvalue weighted by Gasteiger charge is -2.33. The van der Waals surface area contributed by atoms with Gasteiger partial charge in [0.2, 0.25) is 0 Å². The Labute approximate surface area is 64.2 Å². The molecule has 1 unspecified atom stereocenters. The van der Waals surface area contributed by atoms with Crippen LogP contribution in [0, 0.1) is 0 Å². The first kappa shape index (κ1) is 8.89. The summed E-state index contributed by atoms with van der Waals surface area (Å²) in [7, 11) is 1.36. The highest BCUT2D eigenvalue weighted by molar-refractivity contribution is 4.81. The highest BCUT2D eigenvalue weighted by Crippen LogP contribution is 2.15. The molecule has 0 radical (unpaired) electrons. The SMILES string of the molecule is COC1OC[C@H](O)[C@H](O)[C@H]1O. The van der Waals surface area contributed by atoms with Gasteiger partial charge in [0.05, 0.1) is 6.61 Å². The van der Waals surface area contributed by atoms with Crippen LogP contribution in [0.1, 0.15) is 0 Å². The van der Waals surface area contributed by atoms with Crippen LogP contribution in [-0.2, 0) is 9.47 Å². The average molecular weight is 164 g/mol. The van der Waals surface area contributed by atoms with E-state index in [-0.39, 0.29) is 6.61 Å². The molecule has 5 heteroatoms. The molecule has 3 N–H and O–H groups in total. The largest absolute Gasteiger partial charge is 0.388 e. The summed E-state index contributed by atoms with van der Waals surface area (Å²) in [5.41, 5.74) is 0. The molecular weight excluding hydrogens is 152 g/mol. The van der Waals surface area contributed by atoms with Gasteiger partial charge in [-0.3, -0.25) is 0 Å². The molecule has 4 atom stereocenters. The van der Waals surface area contributed by atoms with Crippen molar-refractivity contribution in [2.45, 2.75) is 24.6 Å². The summed E-state index contributed by atoms with van der Waals surface area (Å²) in [6.45, 7) is -0.0171. The van der Waals surface area contributed by atoms with Crippen LogP contribution >= 0.6 is 0 Å². The van der Waals surface area contributed by atoms with Gasteiger partial charge in [0.1, 0.15) is 18.3 Å². The quantitative estimate of drug-likeness (QED) is 0.420. The first-order valence-electron chi connectivity index (χ1n) is 3.35. The van der Waals surface area contributed by atoms with Gasteiger partial charge in [-0.1, -0.05) is 0 Å². The molecule has 66 valence electrons. The third kappa shape index (κ3) is 1.69. The van der Waals surface area contributed by atoms with E-state index in [0.717, 1.165) is 0 Å². The monoisotopic (exact) mass is 164 g/mol. The standard InChI is InChI=1S/C6H12O5/c1-10-6-5(9)4(8)3(7)2-11-6/h3-9H,2H2,1H3/t3-,4-,5+,6?/m0/s1. The van der Waals surface area contributed by atoms with Crippen molar-refractivity contribution in [3.63, 3.8) is 0 Å². The summed E-state index contributed by atoms with van der Waals surface area (Å²) in [6.07, 6.45) is -4.23. The lowest BCUT2D eigenvalue weighted by molar-refractivity contribution is -0.261. The molecule has 0 saturated carbocycles. The van der Waals surface area contributed by atoms with Gasteiger partial charge in [-0.15, -0.1) is 0 Å². The predicted octanol–water partition coefficient (Wildman–Crippen LogP) is -1.93. The number of rotatable bonds is 1. The fourth-order valence-electron chi connectivity index (χ4n) is 0.987. The Morgan fingerprint density at radius 3 is 2.45 bits per heavy atom. The second-order valence-electron chi connectivity index (χ2n) is 2.49. The second kappa shape index (κ2) is 3.46. The van der Waals surface area contributed by atoms with Gasteiger partial charge in [-0.2, -0.15) is 0 Å². The molecule has 0 aromatic rings. The van der Waals surface area contributed by atoms with Gasteiger partial charge < -0.3 is 24.8 Å². The van der Waals surface area contributed by atoms with Gasteiger partial charge in [0.25, 0.3) is 0 Å². The average Bonchev–Trinajstić information content (AvgIpc) is 2.01. The molecule has 1 aliphatic heterocycles. The van der Waals surface area contributed by atoms with Gasteiger partial charge in [-0.25, -0.2) is 0 Å². The minimum absolute atomic E-state index is 0.0171. The van der Waals surface area contributed by atoms with Crippen molar-refractivity contribution in [3.8, 4) is 0 Å². The molecule has 1 aliphatic rings. The van der Waals surface area contributed by atoms with Crippen molar-refractivity contribution >= 4 is 0 Å². The van der Waals surface area contributed by atoms with E-state index in [1.54, 1.807) is 0 Å². The van der Waals surface area contributed by atoms with E-state index in [4.69, 9.17) is 20.1 Å². The van der Waals surface area contributed by atoms with E-state index in [2.05, 4.69) is 4.74 Å². The zero-order chi connectivity index (χ0) is 8.43. The Hall–Kier alpha value is -0.200. The molecule has 0 aromatic carbocycles. The van der Waals surface area contributed by atoms with Crippen LogP contribution in [0.2, 0.25) is 0 Å². The number of hydrogen-bond acceptors (Lipinski definition) is 5. The molecule has 1 rings (SSSR count). The van der Waals surface area contributed by atoms with Crippen LogP contribution in [0.4, 0.5) is 0 Å². The Balaban J connectivity index is 2.52. The molecule has 5 nitrogen and oxygen atoms in total. The minimum atomic E-state index is -1.19. The van der Waals surface area contributed by atoms with Crippen molar-refractivity contribution in [1.82, 2.24) is 0 Å². The third-order valence-corrected chi connectivity index (χ3v) is 1.69. The molecule has 0 aromatic heterocycles. The second-order valence-corrected chi connectivity index (χ2v) is 2.49. The highest BCUT2D eigenvalue weighted by Gasteiger charge is 2.37. The first-order chi connectivity index (χ1) is 5.16.